The number of ether oxygens (including phenoxy) is 1. The molecule has 1 saturated heterocycles. The molecule has 1 aromatic rings. The maximum absolute atomic E-state index is 12.0. The van der Waals surface area contributed by atoms with Crippen LogP contribution in [-0.2, 0) is 4.74 Å². The lowest BCUT2D eigenvalue weighted by Crippen LogP contribution is -2.36. The highest BCUT2D eigenvalue weighted by Gasteiger charge is 2.33. The first-order valence-corrected chi connectivity index (χ1v) is 7.93. The van der Waals surface area contributed by atoms with Crippen molar-refractivity contribution >= 4 is 17.4 Å². The summed E-state index contributed by atoms with van der Waals surface area (Å²) in [5.74, 6) is 0.319. The molecule has 0 aliphatic carbocycles. The van der Waals surface area contributed by atoms with E-state index in [9.17, 15) is 4.79 Å². The molecule has 5 heteroatoms. The van der Waals surface area contributed by atoms with E-state index in [1.54, 1.807) is 16.2 Å². The smallest absolute Gasteiger partial charge is 0.410 e. The minimum absolute atomic E-state index is 0.0161. The Balaban J connectivity index is 1.95. The highest BCUT2D eigenvalue weighted by atomic mass is 32.1. The first-order valence-electron chi connectivity index (χ1n) is 7.05. The molecular formula is C15H24N2O2S. The molecule has 1 aromatic heterocycles. The van der Waals surface area contributed by atoms with Gasteiger partial charge in [-0.05, 0) is 57.0 Å². The molecule has 2 rings (SSSR count). The molecule has 1 aliphatic rings. The number of nitrogens with two attached hydrogens (primary N) is 1. The molecule has 0 aromatic carbocycles. The van der Waals surface area contributed by atoms with Crippen LogP contribution in [0.1, 0.15) is 43.7 Å². The van der Waals surface area contributed by atoms with Gasteiger partial charge in [-0.1, -0.05) is 0 Å². The third kappa shape index (κ3) is 3.52. The molecule has 2 atom stereocenters. The van der Waals surface area contributed by atoms with Crippen LogP contribution in [0, 0.1) is 12.8 Å². The molecule has 0 radical (unpaired) electrons. The molecule has 0 bridgehead atoms. The normalized spacial score (nSPS) is 21.1. The fourth-order valence-corrected chi connectivity index (χ4v) is 3.54. The van der Waals surface area contributed by atoms with Crippen molar-refractivity contribution in [1.29, 1.82) is 0 Å². The molecule has 0 saturated carbocycles. The van der Waals surface area contributed by atoms with Crippen LogP contribution >= 0.6 is 11.3 Å². The van der Waals surface area contributed by atoms with Gasteiger partial charge < -0.3 is 15.4 Å². The summed E-state index contributed by atoms with van der Waals surface area (Å²) in [6.45, 7) is 9.18. The van der Waals surface area contributed by atoms with Crippen molar-refractivity contribution in [3.63, 3.8) is 0 Å². The van der Waals surface area contributed by atoms with Crippen molar-refractivity contribution in [3.8, 4) is 0 Å². The molecule has 1 fully saturated rings. The quantitative estimate of drug-likeness (QED) is 0.911. The Bertz CT molecular complexity index is 478. The van der Waals surface area contributed by atoms with Crippen LogP contribution in [0.2, 0.25) is 0 Å². The largest absolute Gasteiger partial charge is 0.444 e. The minimum atomic E-state index is -0.443. The maximum Gasteiger partial charge on any atom is 0.410 e. The molecule has 2 N–H and O–H groups in total. The number of aryl methyl sites for hydroxylation is 1. The second-order valence-corrected chi connectivity index (χ2v) is 7.42. The number of rotatable bonds is 2. The predicted octanol–water partition coefficient (Wildman–Crippen LogP) is 3.31. The summed E-state index contributed by atoms with van der Waals surface area (Å²) in [4.78, 5) is 15.1. The number of amides is 1. The summed E-state index contributed by atoms with van der Waals surface area (Å²) < 4.78 is 5.41. The van der Waals surface area contributed by atoms with Crippen molar-refractivity contribution in [1.82, 2.24) is 4.90 Å². The zero-order valence-corrected chi connectivity index (χ0v) is 13.5. The fraction of sp³-hybridized carbons (Fsp3) is 0.667. The molecule has 2 unspecified atom stereocenters. The van der Waals surface area contributed by atoms with Crippen molar-refractivity contribution in [2.24, 2.45) is 11.7 Å². The highest BCUT2D eigenvalue weighted by Crippen LogP contribution is 2.33. The second-order valence-electron chi connectivity index (χ2n) is 6.47. The molecule has 1 aliphatic heterocycles. The van der Waals surface area contributed by atoms with E-state index in [-0.39, 0.29) is 12.1 Å². The van der Waals surface area contributed by atoms with Gasteiger partial charge in [-0.2, -0.15) is 0 Å². The maximum atomic E-state index is 12.0. The first kappa shape index (κ1) is 15.3. The lowest BCUT2D eigenvalue weighted by Gasteiger charge is -2.25. The Kier molecular flexibility index (Phi) is 4.39. The second kappa shape index (κ2) is 5.74. The average molecular weight is 296 g/mol. The monoisotopic (exact) mass is 296 g/mol. The number of carbonyl (C=O) groups is 1. The molecule has 112 valence electrons. The Labute approximate surface area is 124 Å². The fourth-order valence-electron chi connectivity index (χ4n) is 2.51. The third-order valence-corrected chi connectivity index (χ3v) is 4.71. The minimum Gasteiger partial charge on any atom is -0.444 e. The number of thiophene rings is 1. The van der Waals surface area contributed by atoms with Crippen LogP contribution in [0.25, 0.3) is 0 Å². The zero-order chi connectivity index (χ0) is 14.9. The van der Waals surface area contributed by atoms with Crippen LogP contribution in [-0.4, -0.2) is 29.7 Å². The van der Waals surface area contributed by atoms with Gasteiger partial charge >= 0.3 is 6.09 Å². The first-order chi connectivity index (χ1) is 9.28. The van der Waals surface area contributed by atoms with E-state index in [0.717, 1.165) is 13.0 Å². The van der Waals surface area contributed by atoms with Crippen molar-refractivity contribution in [3.05, 3.63) is 21.9 Å². The van der Waals surface area contributed by atoms with Crippen LogP contribution < -0.4 is 5.73 Å². The predicted molar refractivity (Wildman–Crippen MR) is 81.9 cm³/mol. The summed E-state index contributed by atoms with van der Waals surface area (Å²) in [5, 5.41) is 2.07. The van der Waals surface area contributed by atoms with E-state index in [1.165, 1.54) is 10.4 Å². The van der Waals surface area contributed by atoms with Gasteiger partial charge in [0.25, 0.3) is 0 Å². The average Bonchev–Trinajstić information content (AvgIpc) is 2.94. The number of carbonyl (C=O) groups excluding carboxylic acids is 1. The van der Waals surface area contributed by atoms with Crippen molar-refractivity contribution < 1.29 is 9.53 Å². The highest BCUT2D eigenvalue weighted by molar-refractivity contribution is 7.10. The van der Waals surface area contributed by atoms with Gasteiger partial charge in [-0.25, -0.2) is 4.79 Å². The van der Waals surface area contributed by atoms with Gasteiger partial charge in [-0.15, -0.1) is 11.3 Å². The Morgan fingerprint density at radius 2 is 2.25 bits per heavy atom. The number of nitrogens with zero attached hydrogens (tertiary/aromatic N) is 1. The van der Waals surface area contributed by atoms with E-state index in [0.29, 0.717) is 12.5 Å². The number of hydrogen-bond donors (Lipinski definition) is 1. The summed E-state index contributed by atoms with van der Waals surface area (Å²) in [6.07, 6.45) is 0.715. The lowest BCUT2D eigenvalue weighted by atomic mass is 9.97. The molecule has 4 nitrogen and oxygen atoms in total. The van der Waals surface area contributed by atoms with Gasteiger partial charge in [0.05, 0.1) is 0 Å². The number of hydrogen-bond acceptors (Lipinski definition) is 4. The molecule has 1 amide bonds. The molecule has 2 heterocycles. The topological polar surface area (TPSA) is 55.6 Å². The SMILES string of the molecule is Cc1ccsc1C(N)C1CCN(C(=O)OC(C)(C)C)C1. The van der Waals surface area contributed by atoms with Gasteiger partial charge in [0.1, 0.15) is 5.60 Å². The summed E-state index contributed by atoms with van der Waals surface area (Å²) in [7, 11) is 0. The van der Waals surface area contributed by atoms with E-state index >= 15 is 0 Å². The van der Waals surface area contributed by atoms with Crippen LogP contribution in [0.15, 0.2) is 11.4 Å². The zero-order valence-electron chi connectivity index (χ0n) is 12.7. The van der Waals surface area contributed by atoms with E-state index in [4.69, 9.17) is 10.5 Å². The standard InChI is InChI=1S/C15H24N2O2S/c1-10-6-8-20-13(10)12(16)11-5-7-17(9-11)14(18)19-15(2,3)4/h6,8,11-12H,5,7,9,16H2,1-4H3. The lowest BCUT2D eigenvalue weighted by molar-refractivity contribution is 0.0286. The third-order valence-electron chi connectivity index (χ3n) is 3.59. The summed E-state index contributed by atoms with van der Waals surface area (Å²) in [5.41, 5.74) is 7.17. The van der Waals surface area contributed by atoms with E-state index in [1.807, 2.05) is 20.8 Å². The van der Waals surface area contributed by atoms with Gasteiger partial charge in [0.15, 0.2) is 0 Å². The van der Waals surface area contributed by atoms with E-state index < -0.39 is 5.60 Å². The Morgan fingerprint density at radius 3 is 2.80 bits per heavy atom. The van der Waals surface area contributed by atoms with Crippen LogP contribution in [0.3, 0.4) is 0 Å². The molecule has 20 heavy (non-hydrogen) atoms. The van der Waals surface area contributed by atoms with E-state index in [2.05, 4.69) is 18.4 Å². The summed E-state index contributed by atoms with van der Waals surface area (Å²) in [6, 6.07) is 2.11. The Morgan fingerprint density at radius 1 is 1.55 bits per heavy atom. The molecule has 0 spiro atoms. The van der Waals surface area contributed by atoms with Crippen molar-refractivity contribution in [2.75, 3.05) is 13.1 Å². The van der Waals surface area contributed by atoms with Gasteiger partial charge in [0.2, 0.25) is 0 Å². The number of likely N-dealkylation sites (tertiary alicyclic amines) is 1. The van der Waals surface area contributed by atoms with Gasteiger partial charge in [-0.3, -0.25) is 0 Å². The van der Waals surface area contributed by atoms with Crippen LogP contribution in [0.5, 0.6) is 0 Å². The van der Waals surface area contributed by atoms with Crippen molar-refractivity contribution in [2.45, 2.75) is 45.8 Å². The summed E-state index contributed by atoms with van der Waals surface area (Å²) >= 11 is 1.70. The Hall–Kier alpha value is -1.07. The van der Waals surface area contributed by atoms with Gasteiger partial charge in [0, 0.05) is 24.0 Å². The van der Waals surface area contributed by atoms with Crippen LogP contribution in [0.4, 0.5) is 4.79 Å². The molecular weight excluding hydrogens is 272 g/mol.